The molecule has 0 heterocycles. The van der Waals surface area contributed by atoms with Gasteiger partial charge in [-0.3, -0.25) is 4.79 Å². The minimum absolute atomic E-state index is 0.318. The molecule has 0 fully saturated rings. The first kappa shape index (κ1) is 14.8. The van der Waals surface area contributed by atoms with Crippen molar-refractivity contribution in [3.8, 4) is 0 Å². The van der Waals surface area contributed by atoms with Gasteiger partial charge in [-0.1, -0.05) is 26.7 Å². The summed E-state index contributed by atoms with van der Waals surface area (Å²) < 4.78 is 0. The standard InChI is InChI=1S/C11H23NO2S/c1-4-6-7-10(11(13)14)12-9(5-2)8-15-3/h9-10,12H,4-8H2,1-3H3,(H,13,14). The molecule has 0 amide bonds. The van der Waals surface area contributed by atoms with Crippen molar-refractivity contribution < 1.29 is 9.90 Å². The van der Waals surface area contributed by atoms with Crippen LogP contribution in [-0.2, 0) is 4.79 Å². The van der Waals surface area contributed by atoms with Crippen LogP contribution < -0.4 is 5.32 Å². The predicted molar refractivity (Wildman–Crippen MR) is 66.5 cm³/mol. The number of aliphatic carboxylic acids is 1. The molecule has 4 heteroatoms. The second-order valence-electron chi connectivity index (χ2n) is 3.76. The first-order valence-electron chi connectivity index (χ1n) is 5.63. The number of hydrogen-bond acceptors (Lipinski definition) is 3. The number of carboxylic acids is 1. The smallest absolute Gasteiger partial charge is 0.320 e. The van der Waals surface area contributed by atoms with Gasteiger partial charge in [0.1, 0.15) is 6.04 Å². The Bertz CT molecular complexity index is 176. The van der Waals surface area contributed by atoms with Crippen molar-refractivity contribution in [3.05, 3.63) is 0 Å². The van der Waals surface area contributed by atoms with Crippen molar-refractivity contribution in [2.24, 2.45) is 0 Å². The Morgan fingerprint density at radius 2 is 2.13 bits per heavy atom. The average molecular weight is 233 g/mol. The van der Waals surface area contributed by atoms with Crippen LogP contribution in [0.3, 0.4) is 0 Å². The molecule has 2 N–H and O–H groups in total. The number of rotatable bonds is 9. The van der Waals surface area contributed by atoms with Gasteiger partial charge in [-0.15, -0.1) is 0 Å². The summed E-state index contributed by atoms with van der Waals surface area (Å²) in [5.74, 6) is 0.259. The summed E-state index contributed by atoms with van der Waals surface area (Å²) in [5, 5.41) is 12.3. The van der Waals surface area contributed by atoms with E-state index in [1.165, 1.54) is 0 Å². The number of carbonyl (C=O) groups is 1. The van der Waals surface area contributed by atoms with Gasteiger partial charge in [0.2, 0.25) is 0 Å². The molecule has 0 rings (SSSR count). The van der Waals surface area contributed by atoms with Crippen LogP contribution >= 0.6 is 11.8 Å². The van der Waals surface area contributed by atoms with Crippen molar-refractivity contribution in [1.82, 2.24) is 5.32 Å². The van der Waals surface area contributed by atoms with E-state index in [0.717, 1.165) is 31.4 Å². The quantitative estimate of drug-likeness (QED) is 0.642. The zero-order valence-corrected chi connectivity index (χ0v) is 10.8. The Morgan fingerprint density at radius 1 is 1.47 bits per heavy atom. The Balaban J connectivity index is 4.06. The Hall–Kier alpha value is -0.220. The van der Waals surface area contributed by atoms with Crippen LogP contribution in [0.15, 0.2) is 0 Å². The van der Waals surface area contributed by atoms with E-state index < -0.39 is 5.97 Å². The molecule has 0 aromatic carbocycles. The monoisotopic (exact) mass is 233 g/mol. The molecule has 15 heavy (non-hydrogen) atoms. The molecule has 0 saturated heterocycles. The fourth-order valence-electron chi connectivity index (χ4n) is 1.46. The van der Waals surface area contributed by atoms with Crippen LogP contribution in [0, 0.1) is 0 Å². The minimum atomic E-state index is -0.719. The van der Waals surface area contributed by atoms with Gasteiger partial charge in [0.05, 0.1) is 0 Å². The summed E-state index contributed by atoms with van der Waals surface area (Å²) in [6.07, 6.45) is 5.78. The minimum Gasteiger partial charge on any atom is -0.480 e. The highest BCUT2D eigenvalue weighted by Gasteiger charge is 2.19. The van der Waals surface area contributed by atoms with Crippen LogP contribution in [0.4, 0.5) is 0 Å². The third kappa shape index (κ3) is 6.79. The molecule has 0 aliphatic carbocycles. The summed E-state index contributed by atoms with van der Waals surface area (Å²) in [5.41, 5.74) is 0. The summed E-state index contributed by atoms with van der Waals surface area (Å²) in [6.45, 7) is 4.17. The van der Waals surface area contributed by atoms with E-state index in [1.54, 1.807) is 11.8 Å². The van der Waals surface area contributed by atoms with Crippen molar-refractivity contribution in [2.75, 3.05) is 12.0 Å². The van der Waals surface area contributed by atoms with E-state index in [0.29, 0.717) is 6.04 Å². The molecule has 90 valence electrons. The van der Waals surface area contributed by atoms with Gasteiger partial charge < -0.3 is 10.4 Å². The highest BCUT2D eigenvalue weighted by Crippen LogP contribution is 2.06. The summed E-state index contributed by atoms with van der Waals surface area (Å²) in [7, 11) is 0. The summed E-state index contributed by atoms with van der Waals surface area (Å²) in [4.78, 5) is 11.0. The van der Waals surface area contributed by atoms with Gasteiger partial charge in [-0.2, -0.15) is 11.8 Å². The van der Waals surface area contributed by atoms with Gasteiger partial charge in [-0.25, -0.2) is 0 Å². The van der Waals surface area contributed by atoms with E-state index in [1.807, 2.05) is 6.26 Å². The number of carboxylic acid groups (broad SMARTS) is 1. The van der Waals surface area contributed by atoms with Crippen LogP contribution in [0.1, 0.15) is 39.5 Å². The van der Waals surface area contributed by atoms with Crippen LogP contribution in [-0.4, -0.2) is 35.2 Å². The first-order valence-corrected chi connectivity index (χ1v) is 7.02. The molecule has 0 aliphatic heterocycles. The van der Waals surface area contributed by atoms with Gasteiger partial charge in [0, 0.05) is 11.8 Å². The third-order valence-corrected chi connectivity index (χ3v) is 3.18. The number of nitrogens with one attached hydrogen (secondary N) is 1. The second-order valence-corrected chi connectivity index (χ2v) is 4.67. The maximum Gasteiger partial charge on any atom is 0.320 e. The van der Waals surface area contributed by atoms with E-state index >= 15 is 0 Å². The molecule has 0 saturated carbocycles. The maximum atomic E-state index is 11.0. The molecule has 2 unspecified atom stereocenters. The summed E-state index contributed by atoms with van der Waals surface area (Å²) in [6, 6.07) is -0.0555. The van der Waals surface area contributed by atoms with Crippen molar-refractivity contribution in [1.29, 1.82) is 0 Å². The fourth-order valence-corrected chi connectivity index (χ4v) is 2.19. The normalized spacial score (nSPS) is 14.9. The lowest BCUT2D eigenvalue weighted by atomic mass is 10.1. The first-order chi connectivity index (χ1) is 7.15. The zero-order chi connectivity index (χ0) is 11.7. The SMILES string of the molecule is CCCCC(NC(CC)CSC)C(=O)O. The van der Waals surface area contributed by atoms with Crippen molar-refractivity contribution in [2.45, 2.75) is 51.6 Å². The molecule has 0 aromatic heterocycles. The van der Waals surface area contributed by atoms with Crippen molar-refractivity contribution >= 4 is 17.7 Å². The van der Waals surface area contributed by atoms with Gasteiger partial charge in [0.15, 0.2) is 0 Å². The Kier molecular flexibility index (Phi) is 8.91. The lowest BCUT2D eigenvalue weighted by Crippen LogP contribution is -2.44. The van der Waals surface area contributed by atoms with E-state index in [4.69, 9.17) is 5.11 Å². The average Bonchev–Trinajstić information content (AvgIpc) is 2.22. The third-order valence-electron chi connectivity index (χ3n) is 2.44. The van der Waals surface area contributed by atoms with Gasteiger partial charge in [0.25, 0.3) is 0 Å². The molecule has 2 atom stereocenters. The van der Waals surface area contributed by atoms with Crippen molar-refractivity contribution in [3.63, 3.8) is 0 Å². The largest absolute Gasteiger partial charge is 0.480 e. The maximum absolute atomic E-state index is 11.0. The molecular weight excluding hydrogens is 210 g/mol. The molecule has 0 aliphatic rings. The van der Waals surface area contributed by atoms with Gasteiger partial charge in [-0.05, 0) is 19.1 Å². The molecule has 0 aromatic rings. The fraction of sp³-hybridized carbons (Fsp3) is 0.909. The lowest BCUT2D eigenvalue weighted by molar-refractivity contribution is -0.139. The zero-order valence-electron chi connectivity index (χ0n) is 9.95. The molecule has 0 radical (unpaired) electrons. The van der Waals surface area contributed by atoms with Gasteiger partial charge >= 0.3 is 5.97 Å². The number of hydrogen-bond donors (Lipinski definition) is 2. The highest BCUT2D eigenvalue weighted by atomic mass is 32.2. The highest BCUT2D eigenvalue weighted by molar-refractivity contribution is 7.98. The molecule has 3 nitrogen and oxygen atoms in total. The topological polar surface area (TPSA) is 49.3 Å². The predicted octanol–water partition coefficient (Wildman–Crippen LogP) is 2.36. The van der Waals surface area contributed by atoms with Crippen LogP contribution in [0.25, 0.3) is 0 Å². The molecule has 0 bridgehead atoms. The Morgan fingerprint density at radius 3 is 2.53 bits per heavy atom. The lowest BCUT2D eigenvalue weighted by Gasteiger charge is -2.21. The van der Waals surface area contributed by atoms with E-state index in [9.17, 15) is 4.79 Å². The van der Waals surface area contributed by atoms with Crippen LogP contribution in [0.2, 0.25) is 0 Å². The van der Waals surface area contributed by atoms with Crippen LogP contribution in [0.5, 0.6) is 0 Å². The number of thioether (sulfide) groups is 1. The van der Waals surface area contributed by atoms with E-state index in [-0.39, 0.29) is 6.04 Å². The van der Waals surface area contributed by atoms with E-state index in [2.05, 4.69) is 19.2 Å². The summed E-state index contributed by atoms with van der Waals surface area (Å²) >= 11 is 1.76. The second kappa shape index (κ2) is 9.04. The Labute approximate surface area is 97.0 Å². The molecule has 0 spiro atoms. The number of unbranched alkanes of at least 4 members (excludes halogenated alkanes) is 1. The molecular formula is C11H23NO2S.